The first kappa shape index (κ1) is 17.3. The predicted octanol–water partition coefficient (Wildman–Crippen LogP) is 2.87. The van der Waals surface area contributed by atoms with E-state index in [2.05, 4.69) is 10.1 Å². The van der Waals surface area contributed by atoms with Gasteiger partial charge in [0.05, 0.1) is 16.7 Å². The molecule has 0 aliphatic carbocycles. The second-order valence-electron chi connectivity index (χ2n) is 5.20. The highest BCUT2D eigenvalue weighted by molar-refractivity contribution is 5.55. The number of pyridine rings is 1. The van der Waals surface area contributed by atoms with Crippen molar-refractivity contribution in [3.05, 3.63) is 74.5 Å². The number of hydrogen-bond acceptors (Lipinski definition) is 6. The third kappa shape index (κ3) is 3.61. The first-order chi connectivity index (χ1) is 12.2. The maximum Gasteiger partial charge on any atom is 0.416 e. The van der Waals surface area contributed by atoms with Gasteiger partial charge in [-0.05, 0) is 12.1 Å². The minimum Gasteiger partial charge on any atom is -0.337 e. The zero-order valence-electron chi connectivity index (χ0n) is 12.8. The Morgan fingerprint density at radius 2 is 2.00 bits per heavy atom. The van der Waals surface area contributed by atoms with E-state index in [1.807, 2.05) is 0 Å². The van der Waals surface area contributed by atoms with Crippen LogP contribution < -0.4 is 5.56 Å². The molecule has 0 atom stereocenters. The van der Waals surface area contributed by atoms with Crippen molar-refractivity contribution in [3.8, 4) is 11.4 Å². The van der Waals surface area contributed by atoms with E-state index in [1.54, 1.807) is 0 Å². The first-order valence-corrected chi connectivity index (χ1v) is 7.09. The van der Waals surface area contributed by atoms with E-state index >= 15 is 0 Å². The molecule has 11 heteroatoms. The van der Waals surface area contributed by atoms with Gasteiger partial charge in [0.15, 0.2) is 0 Å². The monoisotopic (exact) mass is 366 g/mol. The van der Waals surface area contributed by atoms with Crippen molar-refractivity contribution in [1.29, 1.82) is 0 Å². The Bertz CT molecular complexity index is 1030. The van der Waals surface area contributed by atoms with Crippen LogP contribution in [-0.2, 0) is 12.7 Å². The van der Waals surface area contributed by atoms with E-state index in [9.17, 15) is 28.1 Å². The Hall–Kier alpha value is -3.50. The third-order valence-corrected chi connectivity index (χ3v) is 3.40. The molecule has 26 heavy (non-hydrogen) atoms. The summed E-state index contributed by atoms with van der Waals surface area (Å²) in [4.78, 5) is 25.8. The summed E-state index contributed by atoms with van der Waals surface area (Å²) >= 11 is 0. The van der Waals surface area contributed by atoms with Crippen LogP contribution in [0.5, 0.6) is 0 Å². The summed E-state index contributed by atoms with van der Waals surface area (Å²) in [6, 6.07) is 6.44. The molecular formula is C15H9F3N4O4. The second kappa shape index (κ2) is 6.43. The Morgan fingerprint density at radius 1 is 1.23 bits per heavy atom. The quantitative estimate of drug-likeness (QED) is 0.519. The highest BCUT2D eigenvalue weighted by atomic mass is 19.4. The largest absolute Gasteiger partial charge is 0.416 e. The molecule has 0 amide bonds. The smallest absolute Gasteiger partial charge is 0.337 e. The van der Waals surface area contributed by atoms with Crippen molar-refractivity contribution in [2.75, 3.05) is 0 Å². The van der Waals surface area contributed by atoms with E-state index in [4.69, 9.17) is 4.52 Å². The lowest BCUT2D eigenvalue weighted by Gasteiger charge is -2.06. The fourth-order valence-corrected chi connectivity index (χ4v) is 2.17. The van der Waals surface area contributed by atoms with Gasteiger partial charge < -0.3 is 4.52 Å². The van der Waals surface area contributed by atoms with Crippen molar-refractivity contribution < 1.29 is 22.6 Å². The Labute approximate surface area is 142 Å². The van der Waals surface area contributed by atoms with Gasteiger partial charge in [0, 0.05) is 17.7 Å². The van der Waals surface area contributed by atoms with Crippen molar-refractivity contribution in [2.24, 2.45) is 0 Å². The summed E-state index contributed by atoms with van der Waals surface area (Å²) in [6.07, 6.45) is -3.50. The fraction of sp³-hybridized carbons (Fsp3) is 0.133. The van der Waals surface area contributed by atoms with Crippen LogP contribution in [-0.4, -0.2) is 19.6 Å². The fourth-order valence-electron chi connectivity index (χ4n) is 2.17. The molecule has 0 radical (unpaired) electrons. The number of nitro groups is 1. The molecule has 0 aliphatic rings. The number of rotatable bonds is 4. The van der Waals surface area contributed by atoms with E-state index in [1.165, 1.54) is 12.1 Å². The lowest BCUT2D eigenvalue weighted by atomic mass is 10.1. The van der Waals surface area contributed by atoms with Crippen LogP contribution in [0.15, 0.2) is 51.9 Å². The average molecular weight is 366 g/mol. The van der Waals surface area contributed by atoms with E-state index in [-0.39, 0.29) is 29.5 Å². The molecule has 0 saturated carbocycles. The molecule has 2 aromatic heterocycles. The summed E-state index contributed by atoms with van der Waals surface area (Å²) in [5.41, 5.74) is -1.62. The van der Waals surface area contributed by atoms with Crippen molar-refractivity contribution in [2.45, 2.75) is 12.7 Å². The van der Waals surface area contributed by atoms with Crippen molar-refractivity contribution in [3.63, 3.8) is 0 Å². The molecule has 3 rings (SSSR count). The van der Waals surface area contributed by atoms with Gasteiger partial charge in [-0.3, -0.25) is 19.5 Å². The molecule has 3 aromatic rings. The summed E-state index contributed by atoms with van der Waals surface area (Å²) in [5, 5.41) is 14.4. The molecule has 0 unspecified atom stereocenters. The molecule has 0 spiro atoms. The molecule has 0 bridgehead atoms. The molecule has 8 nitrogen and oxygen atoms in total. The van der Waals surface area contributed by atoms with E-state index in [0.717, 1.165) is 35.0 Å². The van der Waals surface area contributed by atoms with Crippen LogP contribution in [0.4, 0.5) is 18.9 Å². The highest BCUT2D eigenvalue weighted by Crippen LogP contribution is 2.31. The molecule has 0 N–H and O–H groups in total. The van der Waals surface area contributed by atoms with Gasteiger partial charge in [-0.2, -0.15) is 18.2 Å². The number of halogens is 3. The summed E-state index contributed by atoms with van der Waals surface area (Å²) in [5.74, 6) is -0.176. The number of aromatic nitrogens is 3. The molecular weight excluding hydrogens is 357 g/mol. The van der Waals surface area contributed by atoms with Gasteiger partial charge in [0.1, 0.15) is 6.54 Å². The number of nitrogens with zero attached hydrogens (tertiary/aromatic N) is 4. The number of hydrogen-bond donors (Lipinski definition) is 0. The standard InChI is InChI=1S/C15H9F3N4O4/c16-15(17,18)10-3-1-2-9(6-10)14-19-12(26-20-14)8-21-7-11(22(24)25)4-5-13(21)23/h1-7H,8H2. The van der Waals surface area contributed by atoms with Gasteiger partial charge in [0.2, 0.25) is 11.7 Å². The summed E-state index contributed by atoms with van der Waals surface area (Å²) in [7, 11) is 0. The topological polar surface area (TPSA) is 104 Å². The Morgan fingerprint density at radius 3 is 2.69 bits per heavy atom. The SMILES string of the molecule is O=c1ccc([N+](=O)[O-])cn1Cc1nc(-c2cccc(C(F)(F)F)c2)no1. The maximum atomic E-state index is 12.8. The molecule has 0 fully saturated rings. The summed E-state index contributed by atoms with van der Waals surface area (Å²) < 4.78 is 44.2. The zero-order valence-corrected chi connectivity index (χ0v) is 12.8. The van der Waals surface area contributed by atoms with Gasteiger partial charge in [-0.1, -0.05) is 17.3 Å². The van der Waals surface area contributed by atoms with Crippen molar-refractivity contribution >= 4 is 5.69 Å². The molecule has 1 aromatic carbocycles. The van der Waals surface area contributed by atoms with Crippen LogP contribution in [0.1, 0.15) is 11.5 Å². The predicted molar refractivity (Wildman–Crippen MR) is 81.2 cm³/mol. The van der Waals surface area contributed by atoms with Crippen LogP contribution >= 0.6 is 0 Å². The van der Waals surface area contributed by atoms with Gasteiger partial charge in [0.25, 0.3) is 11.2 Å². The van der Waals surface area contributed by atoms with Gasteiger partial charge in [-0.25, -0.2) is 0 Å². The molecule has 2 heterocycles. The van der Waals surface area contributed by atoms with E-state index in [0.29, 0.717) is 0 Å². The van der Waals surface area contributed by atoms with Crippen LogP contribution in [0, 0.1) is 10.1 Å². The van der Waals surface area contributed by atoms with Crippen LogP contribution in [0.3, 0.4) is 0 Å². The molecule has 0 saturated heterocycles. The lowest BCUT2D eigenvalue weighted by molar-refractivity contribution is -0.385. The van der Waals surface area contributed by atoms with E-state index < -0.39 is 22.2 Å². The average Bonchev–Trinajstić information content (AvgIpc) is 3.04. The lowest BCUT2D eigenvalue weighted by Crippen LogP contribution is -2.19. The second-order valence-corrected chi connectivity index (χ2v) is 5.20. The first-order valence-electron chi connectivity index (χ1n) is 7.09. The van der Waals surface area contributed by atoms with Crippen molar-refractivity contribution in [1.82, 2.24) is 14.7 Å². The van der Waals surface area contributed by atoms with Gasteiger partial charge in [-0.15, -0.1) is 0 Å². The number of alkyl halides is 3. The Kier molecular flexibility index (Phi) is 4.28. The number of benzene rings is 1. The Balaban J connectivity index is 1.89. The van der Waals surface area contributed by atoms with Gasteiger partial charge >= 0.3 is 6.18 Å². The third-order valence-electron chi connectivity index (χ3n) is 3.40. The normalized spacial score (nSPS) is 11.5. The summed E-state index contributed by atoms with van der Waals surface area (Å²) in [6.45, 7) is -0.257. The maximum absolute atomic E-state index is 12.8. The molecule has 134 valence electrons. The van der Waals surface area contributed by atoms with Crippen LogP contribution in [0.25, 0.3) is 11.4 Å². The minimum absolute atomic E-state index is 0.0833. The zero-order chi connectivity index (χ0) is 18.9. The van der Waals surface area contributed by atoms with Crippen LogP contribution in [0.2, 0.25) is 0 Å². The highest BCUT2D eigenvalue weighted by Gasteiger charge is 2.30. The minimum atomic E-state index is -4.52. The molecule has 0 aliphatic heterocycles.